The summed E-state index contributed by atoms with van der Waals surface area (Å²) >= 11 is 6.07. The van der Waals surface area contributed by atoms with E-state index in [1.807, 2.05) is 56.3 Å². The summed E-state index contributed by atoms with van der Waals surface area (Å²) in [5.74, 6) is -0.0196. The van der Waals surface area contributed by atoms with E-state index in [4.69, 9.17) is 11.6 Å². The lowest BCUT2D eigenvalue weighted by Gasteiger charge is -2.16. The molecule has 2 nitrogen and oxygen atoms in total. The summed E-state index contributed by atoms with van der Waals surface area (Å²) in [6.45, 7) is 4.04. The average Bonchev–Trinajstić information content (AvgIpc) is 2.41. The van der Waals surface area contributed by atoms with Crippen LogP contribution in [0.15, 0.2) is 48.5 Å². The molecule has 1 amide bonds. The van der Waals surface area contributed by atoms with Gasteiger partial charge >= 0.3 is 0 Å². The highest BCUT2D eigenvalue weighted by Gasteiger charge is 2.12. The van der Waals surface area contributed by atoms with Crippen LogP contribution in [0.2, 0.25) is 5.02 Å². The Labute approximate surface area is 124 Å². The molecule has 0 fully saturated rings. The fourth-order valence-electron chi connectivity index (χ4n) is 2.26. The van der Waals surface area contributed by atoms with Crippen molar-refractivity contribution in [2.24, 2.45) is 0 Å². The third-order valence-corrected chi connectivity index (χ3v) is 3.71. The quantitative estimate of drug-likeness (QED) is 0.902. The van der Waals surface area contributed by atoms with Crippen LogP contribution < -0.4 is 5.32 Å². The molecule has 0 radical (unpaired) electrons. The van der Waals surface area contributed by atoms with Crippen LogP contribution >= 0.6 is 11.6 Å². The van der Waals surface area contributed by atoms with Gasteiger partial charge in [0.2, 0.25) is 5.91 Å². The Morgan fingerprint density at radius 3 is 2.50 bits per heavy atom. The molecule has 0 unspecified atom stereocenters. The van der Waals surface area contributed by atoms with Crippen molar-refractivity contribution in [2.75, 3.05) is 0 Å². The molecule has 0 aliphatic heterocycles. The van der Waals surface area contributed by atoms with E-state index in [0.717, 1.165) is 11.1 Å². The Morgan fingerprint density at radius 2 is 1.80 bits per heavy atom. The third-order valence-electron chi connectivity index (χ3n) is 3.34. The maximum atomic E-state index is 12.1. The molecule has 2 rings (SSSR count). The molecule has 0 spiro atoms. The van der Waals surface area contributed by atoms with Gasteiger partial charge in [-0.25, -0.2) is 0 Å². The maximum absolute atomic E-state index is 12.1. The van der Waals surface area contributed by atoms with Crippen molar-refractivity contribution in [3.63, 3.8) is 0 Å². The minimum atomic E-state index is -0.0196. The van der Waals surface area contributed by atoms with Gasteiger partial charge in [0.25, 0.3) is 0 Å². The van der Waals surface area contributed by atoms with E-state index in [1.54, 1.807) is 6.07 Å². The van der Waals surface area contributed by atoms with Crippen molar-refractivity contribution in [2.45, 2.75) is 26.3 Å². The lowest BCUT2D eigenvalue weighted by Crippen LogP contribution is -2.28. The van der Waals surface area contributed by atoms with E-state index in [-0.39, 0.29) is 11.9 Å². The number of nitrogens with one attached hydrogen (secondary N) is 1. The molecule has 20 heavy (non-hydrogen) atoms. The number of halogens is 1. The molecule has 0 saturated heterocycles. The smallest absolute Gasteiger partial charge is 0.224 e. The number of benzene rings is 2. The molecule has 0 saturated carbocycles. The van der Waals surface area contributed by atoms with Gasteiger partial charge in [-0.3, -0.25) is 4.79 Å². The summed E-state index contributed by atoms with van der Waals surface area (Å²) in [5.41, 5.74) is 3.17. The zero-order chi connectivity index (χ0) is 14.5. The molecule has 2 aromatic rings. The molecular weight excluding hydrogens is 270 g/mol. The monoisotopic (exact) mass is 287 g/mol. The summed E-state index contributed by atoms with van der Waals surface area (Å²) in [6, 6.07) is 15.5. The summed E-state index contributed by atoms with van der Waals surface area (Å²) in [4.78, 5) is 12.1. The summed E-state index contributed by atoms with van der Waals surface area (Å²) in [6.07, 6.45) is 0.301. The molecule has 2 aromatic carbocycles. The fourth-order valence-corrected chi connectivity index (χ4v) is 2.46. The first-order valence-electron chi connectivity index (χ1n) is 6.66. The predicted molar refractivity (Wildman–Crippen MR) is 82.9 cm³/mol. The molecule has 0 aliphatic rings. The highest BCUT2D eigenvalue weighted by molar-refractivity contribution is 6.31. The van der Waals surface area contributed by atoms with Gasteiger partial charge in [0.05, 0.1) is 12.5 Å². The van der Waals surface area contributed by atoms with Crippen LogP contribution in [0.3, 0.4) is 0 Å². The van der Waals surface area contributed by atoms with Crippen LogP contribution in [-0.2, 0) is 11.2 Å². The Kier molecular flexibility index (Phi) is 4.80. The number of amides is 1. The van der Waals surface area contributed by atoms with E-state index in [1.165, 1.54) is 5.56 Å². The van der Waals surface area contributed by atoms with E-state index in [0.29, 0.717) is 11.4 Å². The number of hydrogen-bond donors (Lipinski definition) is 1. The second-order valence-electron chi connectivity index (χ2n) is 4.91. The summed E-state index contributed by atoms with van der Waals surface area (Å²) < 4.78 is 0. The lowest BCUT2D eigenvalue weighted by molar-refractivity contribution is -0.121. The molecule has 0 bridgehead atoms. The molecule has 0 heterocycles. The van der Waals surface area contributed by atoms with Crippen LogP contribution in [0.1, 0.15) is 29.7 Å². The molecule has 0 aliphatic carbocycles. The number of aryl methyl sites for hydroxylation is 1. The van der Waals surface area contributed by atoms with Gasteiger partial charge in [-0.15, -0.1) is 0 Å². The number of carbonyl (C=O) groups excluding carboxylic acids is 1. The third kappa shape index (κ3) is 3.61. The van der Waals surface area contributed by atoms with Crippen molar-refractivity contribution in [1.82, 2.24) is 5.32 Å². The lowest BCUT2D eigenvalue weighted by atomic mass is 10.0. The Morgan fingerprint density at radius 1 is 1.15 bits per heavy atom. The molecule has 3 heteroatoms. The van der Waals surface area contributed by atoms with E-state index in [2.05, 4.69) is 5.32 Å². The van der Waals surface area contributed by atoms with Gasteiger partial charge in [0.1, 0.15) is 0 Å². The number of carbonyl (C=O) groups is 1. The second kappa shape index (κ2) is 6.58. The highest BCUT2D eigenvalue weighted by Crippen LogP contribution is 2.18. The van der Waals surface area contributed by atoms with Gasteiger partial charge in [-0.2, -0.15) is 0 Å². The van der Waals surface area contributed by atoms with Crippen LogP contribution in [0.25, 0.3) is 0 Å². The van der Waals surface area contributed by atoms with Crippen LogP contribution in [0, 0.1) is 6.92 Å². The second-order valence-corrected chi connectivity index (χ2v) is 5.32. The van der Waals surface area contributed by atoms with Crippen LogP contribution in [-0.4, -0.2) is 5.91 Å². The Hall–Kier alpha value is -1.80. The van der Waals surface area contributed by atoms with Gasteiger partial charge in [0, 0.05) is 5.02 Å². The number of hydrogen-bond acceptors (Lipinski definition) is 1. The maximum Gasteiger partial charge on any atom is 0.224 e. The first kappa shape index (κ1) is 14.6. The Bertz CT molecular complexity index is 609. The SMILES string of the molecule is Cc1ccccc1[C@H](C)NC(=O)Cc1ccccc1Cl. The molecule has 104 valence electrons. The molecule has 0 aromatic heterocycles. The van der Waals surface area contributed by atoms with E-state index in [9.17, 15) is 4.79 Å². The molecule has 1 N–H and O–H groups in total. The largest absolute Gasteiger partial charge is 0.349 e. The average molecular weight is 288 g/mol. The van der Waals surface area contributed by atoms with Crippen LogP contribution in [0.5, 0.6) is 0 Å². The topological polar surface area (TPSA) is 29.1 Å². The predicted octanol–water partition coefficient (Wildman–Crippen LogP) is 4.07. The van der Waals surface area contributed by atoms with Crippen molar-refractivity contribution in [3.05, 3.63) is 70.2 Å². The van der Waals surface area contributed by atoms with Crippen molar-refractivity contribution >= 4 is 17.5 Å². The van der Waals surface area contributed by atoms with E-state index < -0.39 is 0 Å². The van der Waals surface area contributed by atoms with Crippen molar-refractivity contribution < 1.29 is 4.79 Å². The Balaban J connectivity index is 2.02. The molecule has 1 atom stereocenters. The van der Waals surface area contributed by atoms with E-state index >= 15 is 0 Å². The van der Waals surface area contributed by atoms with Gasteiger partial charge in [-0.05, 0) is 36.6 Å². The normalized spacial score (nSPS) is 11.9. The van der Waals surface area contributed by atoms with Crippen molar-refractivity contribution in [3.8, 4) is 0 Å². The highest BCUT2D eigenvalue weighted by atomic mass is 35.5. The zero-order valence-corrected chi connectivity index (χ0v) is 12.4. The first-order chi connectivity index (χ1) is 9.58. The van der Waals surface area contributed by atoms with Gasteiger partial charge in [0.15, 0.2) is 0 Å². The zero-order valence-electron chi connectivity index (χ0n) is 11.7. The first-order valence-corrected chi connectivity index (χ1v) is 7.04. The fraction of sp³-hybridized carbons (Fsp3) is 0.235. The van der Waals surface area contributed by atoms with Gasteiger partial charge in [-0.1, -0.05) is 54.1 Å². The standard InChI is InChI=1S/C17H18ClNO/c1-12-7-3-5-9-15(12)13(2)19-17(20)11-14-8-4-6-10-16(14)18/h3-10,13H,11H2,1-2H3,(H,19,20)/t13-/m0/s1. The molecular formula is C17H18ClNO. The van der Waals surface area contributed by atoms with Crippen LogP contribution in [0.4, 0.5) is 0 Å². The minimum absolute atomic E-state index is 0.00816. The summed E-state index contributed by atoms with van der Waals surface area (Å²) in [7, 11) is 0. The van der Waals surface area contributed by atoms with Gasteiger partial charge < -0.3 is 5.32 Å². The number of rotatable bonds is 4. The minimum Gasteiger partial charge on any atom is -0.349 e. The summed E-state index contributed by atoms with van der Waals surface area (Å²) in [5, 5.41) is 3.65. The van der Waals surface area contributed by atoms with Crippen molar-refractivity contribution in [1.29, 1.82) is 0 Å².